The van der Waals surface area contributed by atoms with Gasteiger partial charge in [-0.1, -0.05) is 31.5 Å². The summed E-state index contributed by atoms with van der Waals surface area (Å²) in [5.41, 5.74) is 1.37. The Morgan fingerprint density at radius 1 is 1.31 bits per heavy atom. The molecule has 0 aliphatic heterocycles. The van der Waals surface area contributed by atoms with E-state index in [4.69, 9.17) is 10.4 Å². The molecule has 0 radical (unpaired) electrons. The van der Waals surface area contributed by atoms with Crippen LogP contribution in [0.2, 0.25) is 0 Å². The van der Waals surface area contributed by atoms with Crippen LogP contribution in [0.5, 0.6) is 0 Å². The van der Waals surface area contributed by atoms with Crippen LogP contribution < -0.4 is 0 Å². The van der Waals surface area contributed by atoms with Crippen molar-refractivity contribution < 1.29 is 20.0 Å². The second-order valence-corrected chi connectivity index (χ2v) is 3.14. The molecule has 0 bridgehead atoms. The number of hydrogen-bond acceptors (Lipinski definition) is 4. The van der Waals surface area contributed by atoms with Gasteiger partial charge in [-0.15, -0.1) is 0 Å². The van der Waals surface area contributed by atoms with E-state index in [9.17, 15) is 4.79 Å². The first kappa shape index (κ1) is 14.6. The van der Waals surface area contributed by atoms with Crippen LogP contribution in [0.1, 0.15) is 35.7 Å². The first-order valence-corrected chi connectivity index (χ1v) is 5.18. The van der Waals surface area contributed by atoms with E-state index >= 15 is 0 Å². The van der Waals surface area contributed by atoms with Gasteiger partial charge in [-0.05, 0) is 24.5 Å². The summed E-state index contributed by atoms with van der Waals surface area (Å²) in [6.45, 7) is 2.09. The van der Waals surface area contributed by atoms with Gasteiger partial charge in [-0.2, -0.15) is 5.26 Å². The molecule has 16 heavy (non-hydrogen) atoms. The molecule has 90 valence electrons. The van der Waals surface area contributed by atoms with Crippen LogP contribution in [0.15, 0.2) is 24.3 Å². The Balaban J connectivity index is 0.00000106. The summed E-state index contributed by atoms with van der Waals surface area (Å²) in [6.07, 6.45) is 2.93. The second-order valence-electron chi connectivity index (χ2n) is 3.14. The highest BCUT2D eigenvalue weighted by Gasteiger charge is 2.11. The van der Waals surface area contributed by atoms with Crippen molar-refractivity contribution >= 4 is 5.97 Å². The van der Waals surface area contributed by atoms with Crippen molar-refractivity contribution in [1.82, 2.24) is 0 Å². The average molecular weight is 226 g/mol. The SMILES string of the molecule is CCCCc1ccccc1C(=O)OO.CO. The van der Waals surface area contributed by atoms with Crippen LogP contribution in [0.4, 0.5) is 0 Å². The van der Waals surface area contributed by atoms with Crippen molar-refractivity contribution in [1.29, 1.82) is 0 Å². The molecule has 4 heteroatoms. The number of aliphatic hydroxyl groups excluding tert-OH is 1. The van der Waals surface area contributed by atoms with Crippen LogP contribution in [-0.2, 0) is 11.3 Å². The Morgan fingerprint density at radius 3 is 2.50 bits per heavy atom. The summed E-state index contributed by atoms with van der Waals surface area (Å²) < 4.78 is 0. The van der Waals surface area contributed by atoms with Gasteiger partial charge in [-0.25, -0.2) is 4.79 Å². The number of aryl methyl sites for hydroxylation is 1. The summed E-state index contributed by atoms with van der Waals surface area (Å²) in [5, 5.41) is 15.3. The van der Waals surface area contributed by atoms with Gasteiger partial charge in [-0.3, -0.25) is 4.89 Å². The Hall–Kier alpha value is -1.39. The van der Waals surface area contributed by atoms with Crippen molar-refractivity contribution in [3.63, 3.8) is 0 Å². The Kier molecular flexibility index (Phi) is 8.11. The molecule has 2 N–H and O–H groups in total. The van der Waals surface area contributed by atoms with Crippen molar-refractivity contribution in [2.45, 2.75) is 26.2 Å². The van der Waals surface area contributed by atoms with E-state index < -0.39 is 5.97 Å². The topological polar surface area (TPSA) is 66.8 Å². The fraction of sp³-hybridized carbons (Fsp3) is 0.417. The quantitative estimate of drug-likeness (QED) is 0.610. The smallest absolute Gasteiger partial charge is 0.373 e. The minimum Gasteiger partial charge on any atom is -0.400 e. The maximum atomic E-state index is 11.1. The number of aliphatic hydroxyl groups is 1. The van der Waals surface area contributed by atoms with Gasteiger partial charge < -0.3 is 5.11 Å². The first-order chi connectivity index (χ1) is 7.79. The third-order valence-electron chi connectivity index (χ3n) is 2.12. The Bertz CT molecular complexity index is 310. The monoisotopic (exact) mass is 226 g/mol. The minimum absolute atomic E-state index is 0.448. The molecule has 0 atom stereocenters. The number of rotatable bonds is 4. The van der Waals surface area contributed by atoms with Gasteiger partial charge in [0.15, 0.2) is 0 Å². The highest BCUT2D eigenvalue weighted by molar-refractivity contribution is 5.90. The van der Waals surface area contributed by atoms with Crippen LogP contribution in [0, 0.1) is 0 Å². The highest BCUT2D eigenvalue weighted by atomic mass is 17.1. The van der Waals surface area contributed by atoms with Gasteiger partial charge in [0, 0.05) is 7.11 Å². The lowest BCUT2D eigenvalue weighted by Crippen LogP contribution is -2.05. The number of benzene rings is 1. The standard InChI is InChI=1S/C11H14O3.CH4O/c1-2-3-6-9-7-4-5-8-10(9)11(12)14-13;1-2/h4-5,7-8,13H,2-3,6H2,1H3;2H,1H3. The van der Waals surface area contributed by atoms with Gasteiger partial charge in [0.2, 0.25) is 0 Å². The zero-order chi connectivity index (χ0) is 12.4. The summed E-state index contributed by atoms with van der Waals surface area (Å²) >= 11 is 0. The minimum atomic E-state index is -0.684. The third kappa shape index (κ3) is 4.42. The number of carbonyl (C=O) groups is 1. The molecule has 0 aliphatic rings. The molecule has 0 amide bonds. The van der Waals surface area contributed by atoms with Crippen LogP contribution in [-0.4, -0.2) is 23.4 Å². The van der Waals surface area contributed by atoms with Gasteiger partial charge in [0.05, 0.1) is 5.56 Å². The van der Waals surface area contributed by atoms with E-state index in [1.54, 1.807) is 12.1 Å². The van der Waals surface area contributed by atoms with Gasteiger partial charge in [0.1, 0.15) is 0 Å². The summed E-state index contributed by atoms with van der Waals surface area (Å²) in [6, 6.07) is 7.16. The average Bonchev–Trinajstić information content (AvgIpc) is 2.38. The molecular weight excluding hydrogens is 208 g/mol. The molecule has 0 aromatic heterocycles. The zero-order valence-corrected chi connectivity index (χ0v) is 9.64. The normalized spacial score (nSPS) is 9.00. The van der Waals surface area contributed by atoms with Crippen molar-refractivity contribution in [3.05, 3.63) is 35.4 Å². The summed E-state index contributed by atoms with van der Waals surface area (Å²) in [5.74, 6) is -0.684. The maximum Gasteiger partial charge on any atom is 0.373 e. The van der Waals surface area contributed by atoms with Crippen LogP contribution >= 0.6 is 0 Å². The van der Waals surface area contributed by atoms with Gasteiger partial charge in [0.25, 0.3) is 0 Å². The zero-order valence-electron chi connectivity index (χ0n) is 9.64. The van der Waals surface area contributed by atoms with Gasteiger partial charge >= 0.3 is 5.97 Å². The van der Waals surface area contributed by atoms with Crippen molar-refractivity contribution in [3.8, 4) is 0 Å². The molecule has 0 spiro atoms. The fourth-order valence-corrected chi connectivity index (χ4v) is 1.35. The van der Waals surface area contributed by atoms with Crippen LogP contribution in [0.3, 0.4) is 0 Å². The predicted molar refractivity (Wildman–Crippen MR) is 61.2 cm³/mol. The van der Waals surface area contributed by atoms with E-state index in [2.05, 4.69) is 11.8 Å². The first-order valence-electron chi connectivity index (χ1n) is 5.18. The van der Waals surface area contributed by atoms with E-state index in [0.29, 0.717) is 5.56 Å². The van der Waals surface area contributed by atoms with E-state index in [-0.39, 0.29) is 0 Å². The van der Waals surface area contributed by atoms with Crippen molar-refractivity contribution in [2.75, 3.05) is 7.11 Å². The number of hydrogen-bond donors (Lipinski definition) is 2. The van der Waals surface area contributed by atoms with Crippen LogP contribution in [0.25, 0.3) is 0 Å². The Labute approximate surface area is 95.4 Å². The third-order valence-corrected chi connectivity index (χ3v) is 2.12. The van der Waals surface area contributed by atoms with Crippen molar-refractivity contribution in [2.24, 2.45) is 0 Å². The number of unbranched alkanes of at least 4 members (excludes halogenated alkanes) is 1. The Morgan fingerprint density at radius 2 is 1.94 bits per heavy atom. The largest absolute Gasteiger partial charge is 0.400 e. The second kappa shape index (κ2) is 8.88. The van der Waals surface area contributed by atoms with E-state index in [1.165, 1.54) is 0 Å². The fourth-order valence-electron chi connectivity index (χ4n) is 1.35. The molecule has 0 aliphatic carbocycles. The van der Waals surface area contributed by atoms with E-state index in [0.717, 1.165) is 31.9 Å². The maximum absolute atomic E-state index is 11.1. The molecule has 0 saturated heterocycles. The predicted octanol–water partition coefficient (Wildman–Crippen LogP) is 2.27. The molecule has 1 aromatic rings. The lowest BCUT2D eigenvalue weighted by atomic mass is 10.0. The lowest BCUT2D eigenvalue weighted by Gasteiger charge is -2.05. The molecule has 1 rings (SSSR count). The molecular formula is C12H18O4. The van der Waals surface area contributed by atoms with E-state index in [1.807, 2.05) is 12.1 Å². The molecule has 1 aromatic carbocycles. The highest BCUT2D eigenvalue weighted by Crippen LogP contribution is 2.12. The lowest BCUT2D eigenvalue weighted by molar-refractivity contribution is -0.182. The molecule has 0 unspecified atom stereocenters. The number of carbonyl (C=O) groups excluding carboxylic acids is 1. The summed E-state index contributed by atoms with van der Waals surface area (Å²) in [4.78, 5) is 14.8. The molecule has 0 fully saturated rings. The molecule has 4 nitrogen and oxygen atoms in total. The molecule has 0 heterocycles. The molecule has 0 saturated carbocycles. The summed E-state index contributed by atoms with van der Waals surface area (Å²) in [7, 11) is 1.00.